The number of piperidine rings is 1. The number of hydrogen-bond donors (Lipinski definition) is 2. The first-order chi connectivity index (χ1) is 15.2. The number of nitrogens with two attached hydrogens (primary N) is 1. The van der Waals surface area contributed by atoms with E-state index >= 15 is 0 Å². The molecule has 7 nitrogen and oxygen atoms in total. The predicted octanol–water partition coefficient (Wildman–Crippen LogP) is 3.28. The molecule has 2 aromatic rings. The second-order valence-corrected chi connectivity index (χ2v) is 10.5. The molecule has 0 unspecified atom stereocenters. The molecule has 0 saturated carbocycles. The lowest BCUT2D eigenvalue weighted by Gasteiger charge is -2.41. The van der Waals surface area contributed by atoms with Crippen LogP contribution in [-0.2, 0) is 4.79 Å². The van der Waals surface area contributed by atoms with E-state index in [0.29, 0.717) is 35.6 Å². The van der Waals surface area contributed by atoms with E-state index in [1.807, 2.05) is 18.2 Å². The van der Waals surface area contributed by atoms with Crippen LogP contribution in [-0.4, -0.2) is 51.9 Å². The summed E-state index contributed by atoms with van der Waals surface area (Å²) in [6.45, 7) is 8.77. The van der Waals surface area contributed by atoms with Crippen LogP contribution in [0.25, 0.3) is 10.9 Å². The average Bonchev–Trinajstić information content (AvgIpc) is 3.13. The van der Waals surface area contributed by atoms with Gasteiger partial charge in [0.25, 0.3) is 5.91 Å². The molecule has 1 aromatic carbocycles. The van der Waals surface area contributed by atoms with Gasteiger partial charge in [0.2, 0.25) is 0 Å². The molecule has 0 bridgehead atoms. The Labute approximate surface area is 188 Å². The maximum atomic E-state index is 13.8. The number of hydrogen-bond acceptors (Lipinski definition) is 6. The Bertz CT molecular complexity index is 1140. The number of hydrazine groups is 1. The van der Waals surface area contributed by atoms with E-state index < -0.39 is 0 Å². The smallest absolute Gasteiger partial charge is 0.273 e. The van der Waals surface area contributed by atoms with Gasteiger partial charge < -0.3 is 11.1 Å². The molecule has 1 aliphatic carbocycles. The van der Waals surface area contributed by atoms with Crippen LogP contribution in [0.1, 0.15) is 56.8 Å². The Balaban J connectivity index is 1.55. The van der Waals surface area contributed by atoms with Crippen molar-refractivity contribution in [3.63, 3.8) is 0 Å². The molecule has 0 radical (unpaired) electrons. The fourth-order valence-corrected chi connectivity index (χ4v) is 5.44. The Morgan fingerprint density at radius 3 is 2.56 bits per heavy atom. The van der Waals surface area contributed by atoms with Gasteiger partial charge in [0.1, 0.15) is 11.5 Å². The molecule has 7 heteroatoms. The number of nitrogens with one attached hydrogen (secondary N) is 1. The SMILES string of the molecule is CC(C)(C)N1CC2=C(C(=O)CC3(CCNCC3)C2)N1C(=O)c1ccc2ccc(N)nc2c1. The summed E-state index contributed by atoms with van der Waals surface area (Å²) in [7, 11) is 0. The van der Waals surface area contributed by atoms with Crippen LogP contribution in [0.2, 0.25) is 0 Å². The van der Waals surface area contributed by atoms with Gasteiger partial charge in [-0.1, -0.05) is 6.07 Å². The first-order valence-electron chi connectivity index (χ1n) is 11.4. The summed E-state index contributed by atoms with van der Waals surface area (Å²) >= 11 is 0. The number of fused-ring (bicyclic) bond motifs is 1. The number of aromatic nitrogens is 1. The van der Waals surface area contributed by atoms with E-state index in [0.717, 1.165) is 43.3 Å². The molecular weight excluding hydrogens is 402 g/mol. The van der Waals surface area contributed by atoms with Gasteiger partial charge in [-0.3, -0.25) is 9.59 Å². The number of nitrogens with zero attached hydrogens (tertiary/aromatic N) is 3. The highest BCUT2D eigenvalue weighted by molar-refractivity contribution is 6.06. The van der Waals surface area contributed by atoms with E-state index in [2.05, 4.69) is 36.1 Å². The molecule has 2 aliphatic heterocycles. The molecule has 3 N–H and O–H groups in total. The van der Waals surface area contributed by atoms with Crippen molar-refractivity contribution in [3.8, 4) is 0 Å². The summed E-state index contributed by atoms with van der Waals surface area (Å²) in [5.74, 6) is 0.321. The average molecular weight is 434 g/mol. The number of benzene rings is 1. The summed E-state index contributed by atoms with van der Waals surface area (Å²) in [4.78, 5) is 31.7. The van der Waals surface area contributed by atoms with Crippen LogP contribution < -0.4 is 11.1 Å². The van der Waals surface area contributed by atoms with Gasteiger partial charge in [0, 0.05) is 29.5 Å². The number of carbonyl (C=O) groups is 2. The minimum absolute atomic E-state index is 0.0359. The van der Waals surface area contributed by atoms with Crippen molar-refractivity contribution in [3.05, 3.63) is 47.2 Å². The highest BCUT2D eigenvalue weighted by Gasteiger charge is 2.49. The van der Waals surface area contributed by atoms with Crippen LogP contribution in [0.4, 0.5) is 5.82 Å². The van der Waals surface area contributed by atoms with Crippen molar-refractivity contribution in [1.29, 1.82) is 0 Å². The van der Waals surface area contributed by atoms with E-state index in [9.17, 15) is 9.59 Å². The standard InChI is InChI=1S/C25H31N5O2/c1-24(2,3)29-15-18-13-25(8-10-27-11-9-25)14-20(31)22(18)30(29)23(32)17-5-4-16-6-7-21(26)28-19(16)12-17/h4-7,12,27H,8-11,13-15H2,1-3H3,(H2,26,28). The Morgan fingerprint density at radius 2 is 1.84 bits per heavy atom. The molecule has 3 heterocycles. The summed E-state index contributed by atoms with van der Waals surface area (Å²) in [5.41, 5.74) is 8.46. The minimum Gasteiger partial charge on any atom is -0.384 e. The summed E-state index contributed by atoms with van der Waals surface area (Å²) < 4.78 is 0. The van der Waals surface area contributed by atoms with Gasteiger partial charge >= 0.3 is 0 Å². The lowest BCUT2D eigenvalue weighted by atomic mass is 9.67. The lowest BCUT2D eigenvalue weighted by Crippen LogP contribution is -2.52. The first-order valence-corrected chi connectivity index (χ1v) is 11.4. The summed E-state index contributed by atoms with van der Waals surface area (Å²) in [6, 6.07) is 9.11. The van der Waals surface area contributed by atoms with E-state index in [1.165, 1.54) is 0 Å². The minimum atomic E-state index is -0.311. The molecule has 3 aliphatic rings. The number of amides is 1. The zero-order valence-electron chi connectivity index (χ0n) is 19.1. The van der Waals surface area contributed by atoms with Gasteiger partial charge in [-0.15, -0.1) is 0 Å². The summed E-state index contributed by atoms with van der Waals surface area (Å²) in [5, 5.41) is 8.04. The van der Waals surface area contributed by atoms with Crippen LogP contribution in [0.15, 0.2) is 41.6 Å². The number of Topliss-reactive ketones (excluding diaryl/α,β-unsaturated/α-hetero) is 1. The van der Waals surface area contributed by atoms with E-state index in [1.54, 1.807) is 17.1 Å². The normalized spacial score (nSPS) is 21.5. The predicted molar refractivity (Wildman–Crippen MR) is 125 cm³/mol. The number of anilines is 1. The van der Waals surface area contributed by atoms with Crippen molar-refractivity contribution in [2.45, 2.75) is 52.0 Å². The largest absolute Gasteiger partial charge is 0.384 e. The van der Waals surface area contributed by atoms with Crippen LogP contribution in [0, 0.1) is 5.41 Å². The fraction of sp³-hybridized carbons (Fsp3) is 0.480. The van der Waals surface area contributed by atoms with Crippen molar-refractivity contribution >= 4 is 28.4 Å². The number of pyridine rings is 1. The molecule has 1 aromatic heterocycles. The van der Waals surface area contributed by atoms with Crippen LogP contribution in [0.3, 0.4) is 0 Å². The Kier molecular flexibility index (Phi) is 4.87. The monoisotopic (exact) mass is 433 g/mol. The molecule has 1 spiro atoms. The van der Waals surface area contributed by atoms with Gasteiger partial charge in [0.15, 0.2) is 5.78 Å². The molecule has 168 valence electrons. The third kappa shape index (κ3) is 3.49. The van der Waals surface area contributed by atoms with Gasteiger partial charge in [0.05, 0.1) is 5.52 Å². The molecule has 1 saturated heterocycles. The van der Waals surface area contributed by atoms with Gasteiger partial charge in [-0.25, -0.2) is 15.0 Å². The molecule has 0 atom stereocenters. The number of ketones is 1. The van der Waals surface area contributed by atoms with Gasteiger partial charge in [-0.2, -0.15) is 0 Å². The highest BCUT2D eigenvalue weighted by Crippen LogP contribution is 2.48. The second kappa shape index (κ2) is 7.39. The number of nitrogen functional groups attached to an aromatic ring is 1. The molecule has 1 fully saturated rings. The van der Waals surface area contributed by atoms with Crippen molar-refractivity contribution in [2.75, 3.05) is 25.4 Å². The maximum Gasteiger partial charge on any atom is 0.273 e. The fourth-order valence-electron chi connectivity index (χ4n) is 5.44. The number of allylic oxidation sites excluding steroid dienone is 1. The van der Waals surface area contributed by atoms with E-state index in [4.69, 9.17) is 5.73 Å². The Hall–Kier alpha value is -2.77. The van der Waals surface area contributed by atoms with Gasteiger partial charge in [-0.05, 0) is 88.4 Å². The zero-order chi connectivity index (χ0) is 22.7. The maximum absolute atomic E-state index is 13.8. The van der Waals surface area contributed by atoms with E-state index in [-0.39, 0.29) is 22.6 Å². The van der Waals surface area contributed by atoms with Crippen LogP contribution in [0.5, 0.6) is 0 Å². The first kappa shape index (κ1) is 21.1. The zero-order valence-corrected chi connectivity index (χ0v) is 19.1. The number of rotatable bonds is 1. The number of carbonyl (C=O) groups excluding carboxylic acids is 2. The van der Waals surface area contributed by atoms with Crippen LogP contribution >= 0.6 is 0 Å². The second-order valence-electron chi connectivity index (χ2n) is 10.5. The molecule has 5 rings (SSSR count). The Morgan fingerprint density at radius 1 is 1.12 bits per heavy atom. The third-order valence-electron chi connectivity index (χ3n) is 7.11. The molecular formula is C25H31N5O2. The highest BCUT2D eigenvalue weighted by atomic mass is 16.2. The van der Waals surface area contributed by atoms with Crippen molar-refractivity contribution < 1.29 is 9.59 Å². The lowest BCUT2D eigenvalue weighted by molar-refractivity contribution is -0.122. The molecule has 1 amide bonds. The topological polar surface area (TPSA) is 91.6 Å². The van der Waals surface area contributed by atoms with Crippen molar-refractivity contribution in [2.24, 2.45) is 5.41 Å². The van der Waals surface area contributed by atoms with Crippen molar-refractivity contribution in [1.82, 2.24) is 20.3 Å². The third-order valence-corrected chi connectivity index (χ3v) is 7.11. The quantitative estimate of drug-likeness (QED) is 0.717. The molecule has 32 heavy (non-hydrogen) atoms. The summed E-state index contributed by atoms with van der Waals surface area (Å²) in [6.07, 6.45) is 3.43.